The van der Waals surface area contributed by atoms with Crippen LogP contribution < -0.4 is 0 Å². The number of ether oxygens (including phenoxy) is 1. The summed E-state index contributed by atoms with van der Waals surface area (Å²) in [5.41, 5.74) is 1.58. The Morgan fingerprint density at radius 1 is 1.53 bits per heavy atom. The first-order valence-corrected chi connectivity index (χ1v) is 7.01. The van der Waals surface area contributed by atoms with Crippen LogP contribution in [0, 0.1) is 18.7 Å². The van der Waals surface area contributed by atoms with Crippen LogP contribution in [-0.4, -0.2) is 12.7 Å². The van der Waals surface area contributed by atoms with Gasteiger partial charge in [-0.25, -0.2) is 4.39 Å². The molecule has 94 valence electrons. The molecule has 1 aliphatic rings. The fourth-order valence-corrected chi connectivity index (χ4v) is 3.73. The molecule has 0 amide bonds. The van der Waals surface area contributed by atoms with Crippen molar-refractivity contribution in [2.75, 3.05) is 6.61 Å². The number of halogens is 3. The molecule has 0 saturated carbocycles. The number of hydrogen-bond acceptors (Lipinski definition) is 1. The molecular formula is C13H15BrClFO. The molecule has 1 fully saturated rings. The number of benzene rings is 1. The van der Waals surface area contributed by atoms with Gasteiger partial charge in [0, 0.05) is 22.4 Å². The van der Waals surface area contributed by atoms with Gasteiger partial charge in [0.2, 0.25) is 0 Å². The van der Waals surface area contributed by atoms with Crippen molar-refractivity contribution in [3.8, 4) is 0 Å². The van der Waals surface area contributed by atoms with Gasteiger partial charge in [-0.15, -0.1) is 0 Å². The Kier molecular flexibility index (Phi) is 4.11. The quantitative estimate of drug-likeness (QED) is 0.721. The topological polar surface area (TPSA) is 9.23 Å². The van der Waals surface area contributed by atoms with Crippen molar-refractivity contribution in [1.82, 2.24) is 0 Å². The Morgan fingerprint density at radius 3 is 2.82 bits per heavy atom. The summed E-state index contributed by atoms with van der Waals surface area (Å²) in [7, 11) is 0. The SMILES string of the molecule is Cc1cc(C(Br)C2CCOC2C)c(Cl)cc1F. The molecule has 2 rings (SSSR count). The van der Waals surface area contributed by atoms with Gasteiger partial charge < -0.3 is 4.74 Å². The molecule has 17 heavy (non-hydrogen) atoms. The van der Waals surface area contributed by atoms with Gasteiger partial charge in [-0.2, -0.15) is 0 Å². The van der Waals surface area contributed by atoms with Crippen LogP contribution in [0.5, 0.6) is 0 Å². The van der Waals surface area contributed by atoms with E-state index >= 15 is 0 Å². The van der Waals surface area contributed by atoms with E-state index in [0.717, 1.165) is 18.6 Å². The zero-order valence-corrected chi connectivity index (χ0v) is 12.2. The van der Waals surface area contributed by atoms with E-state index < -0.39 is 0 Å². The first-order chi connectivity index (χ1) is 8.00. The van der Waals surface area contributed by atoms with Crippen molar-refractivity contribution < 1.29 is 9.13 Å². The molecule has 1 aromatic carbocycles. The predicted octanol–water partition coefficient (Wildman–Crippen LogP) is 4.65. The van der Waals surface area contributed by atoms with E-state index in [1.807, 2.05) is 6.07 Å². The highest BCUT2D eigenvalue weighted by molar-refractivity contribution is 9.09. The Bertz CT molecular complexity index is 424. The molecular weight excluding hydrogens is 306 g/mol. The molecule has 1 saturated heterocycles. The average molecular weight is 322 g/mol. The van der Waals surface area contributed by atoms with Gasteiger partial charge in [-0.3, -0.25) is 0 Å². The lowest BCUT2D eigenvalue weighted by molar-refractivity contribution is 0.105. The summed E-state index contributed by atoms with van der Waals surface area (Å²) >= 11 is 9.79. The summed E-state index contributed by atoms with van der Waals surface area (Å²) in [6.07, 6.45) is 1.21. The molecule has 1 heterocycles. The largest absolute Gasteiger partial charge is 0.378 e. The van der Waals surface area contributed by atoms with Gasteiger partial charge in [0.15, 0.2) is 0 Å². The van der Waals surface area contributed by atoms with Gasteiger partial charge in [0.05, 0.1) is 6.10 Å². The van der Waals surface area contributed by atoms with Crippen molar-refractivity contribution in [2.24, 2.45) is 5.92 Å². The molecule has 1 aromatic rings. The van der Waals surface area contributed by atoms with Crippen molar-refractivity contribution in [3.05, 3.63) is 34.1 Å². The summed E-state index contributed by atoms with van der Waals surface area (Å²) in [6, 6.07) is 3.21. The minimum Gasteiger partial charge on any atom is -0.378 e. The molecule has 3 unspecified atom stereocenters. The number of aryl methyl sites for hydroxylation is 1. The lowest BCUT2D eigenvalue weighted by Crippen LogP contribution is -2.16. The molecule has 0 aromatic heterocycles. The van der Waals surface area contributed by atoms with E-state index in [2.05, 4.69) is 22.9 Å². The molecule has 1 aliphatic heterocycles. The van der Waals surface area contributed by atoms with E-state index in [1.54, 1.807) is 6.92 Å². The maximum absolute atomic E-state index is 13.4. The van der Waals surface area contributed by atoms with Crippen LogP contribution in [0.3, 0.4) is 0 Å². The second kappa shape index (κ2) is 5.25. The summed E-state index contributed by atoms with van der Waals surface area (Å²) in [5, 5.41) is 0.481. The first-order valence-electron chi connectivity index (χ1n) is 5.72. The van der Waals surface area contributed by atoms with Gasteiger partial charge in [-0.1, -0.05) is 33.6 Å². The lowest BCUT2D eigenvalue weighted by Gasteiger charge is -2.22. The van der Waals surface area contributed by atoms with Crippen LogP contribution in [0.4, 0.5) is 4.39 Å². The number of alkyl halides is 1. The van der Waals surface area contributed by atoms with Gasteiger partial charge >= 0.3 is 0 Å². The van der Waals surface area contributed by atoms with Crippen LogP contribution >= 0.6 is 27.5 Å². The van der Waals surface area contributed by atoms with Crippen LogP contribution in [0.1, 0.15) is 29.3 Å². The Morgan fingerprint density at radius 2 is 2.24 bits per heavy atom. The highest BCUT2D eigenvalue weighted by Crippen LogP contribution is 2.42. The Hall–Kier alpha value is -0.120. The van der Waals surface area contributed by atoms with Crippen LogP contribution in [-0.2, 0) is 4.74 Å². The van der Waals surface area contributed by atoms with Crippen molar-refractivity contribution in [3.63, 3.8) is 0 Å². The summed E-state index contributed by atoms with van der Waals surface area (Å²) in [4.78, 5) is 0.117. The van der Waals surface area contributed by atoms with E-state index in [9.17, 15) is 4.39 Å². The Balaban J connectivity index is 2.30. The maximum atomic E-state index is 13.4. The maximum Gasteiger partial charge on any atom is 0.127 e. The smallest absolute Gasteiger partial charge is 0.127 e. The van der Waals surface area contributed by atoms with Crippen molar-refractivity contribution in [2.45, 2.75) is 31.2 Å². The van der Waals surface area contributed by atoms with E-state index in [0.29, 0.717) is 16.5 Å². The molecule has 0 bridgehead atoms. The molecule has 0 aliphatic carbocycles. The third-order valence-corrected chi connectivity index (χ3v) is 4.89. The van der Waals surface area contributed by atoms with E-state index in [1.165, 1.54) is 6.07 Å². The molecule has 0 N–H and O–H groups in total. The second-order valence-electron chi connectivity index (χ2n) is 4.55. The molecule has 1 nitrogen and oxygen atoms in total. The predicted molar refractivity (Wildman–Crippen MR) is 71.3 cm³/mol. The van der Waals surface area contributed by atoms with E-state index in [-0.39, 0.29) is 16.7 Å². The number of hydrogen-bond donors (Lipinski definition) is 0. The van der Waals surface area contributed by atoms with Crippen LogP contribution in [0.25, 0.3) is 0 Å². The molecule has 0 radical (unpaired) electrons. The zero-order chi connectivity index (χ0) is 12.6. The number of rotatable bonds is 2. The average Bonchev–Trinajstić information content (AvgIpc) is 2.69. The van der Waals surface area contributed by atoms with Crippen molar-refractivity contribution >= 4 is 27.5 Å². The monoisotopic (exact) mass is 320 g/mol. The summed E-state index contributed by atoms with van der Waals surface area (Å²) in [6.45, 7) is 4.60. The highest BCUT2D eigenvalue weighted by Gasteiger charge is 2.32. The standard InChI is InChI=1S/C13H15BrClFO/c1-7-5-10(11(15)6-12(7)16)13(14)9-3-4-17-8(9)2/h5-6,8-9,13H,3-4H2,1-2H3. The molecule has 0 spiro atoms. The van der Waals surface area contributed by atoms with Crippen LogP contribution in [0.15, 0.2) is 12.1 Å². The highest BCUT2D eigenvalue weighted by atomic mass is 79.9. The lowest BCUT2D eigenvalue weighted by atomic mass is 9.93. The van der Waals surface area contributed by atoms with E-state index in [4.69, 9.17) is 16.3 Å². The first kappa shape index (κ1) is 13.3. The van der Waals surface area contributed by atoms with Gasteiger partial charge in [0.1, 0.15) is 5.82 Å². The van der Waals surface area contributed by atoms with Crippen molar-refractivity contribution in [1.29, 1.82) is 0 Å². The third-order valence-electron chi connectivity index (χ3n) is 3.39. The van der Waals surface area contributed by atoms with Gasteiger partial charge in [-0.05, 0) is 37.5 Å². The fourth-order valence-electron chi connectivity index (χ4n) is 2.25. The fraction of sp³-hybridized carbons (Fsp3) is 0.538. The molecule has 4 heteroatoms. The summed E-state index contributed by atoms with van der Waals surface area (Å²) in [5.74, 6) is 0.131. The minimum atomic E-state index is -0.255. The van der Waals surface area contributed by atoms with Crippen LogP contribution in [0.2, 0.25) is 5.02 Å². The second-order valence-corrected chi connectivity index (χ2v) is 5.95. The Labute approximate surface area is 114 Å². The molecule has 3 atom stereocenters. The van der Waals surface area contributed by atoms with Gasteiger partial charge in [0.25, 0.3) is 0 Å². The normalized spacial score (nSPS) is 26.2. The summed E-state index contributed by atoms with van der Waals surface area (Å²) < 4.78 is 18.9. The zero-order valence-electron chi connectivity index (χ0n) is 9.84. The minimum absolute atomic E-state index is 0.117. The third kappa shape index (κ3) is 2.67.